The van der Waals surface area contributed by atoms with Gasteiger partial charge in [0.2, 0.25) is 5.88 Å². The van der Waals surface area contributed by atoms with Crippen molar-refractivity contribution in [1.29, 1.82) is 0 Å². The van der Waals surface area contributed by atoms with Crippen LogP contribution in [0.1, 0.15) is 43.0 Å². The van der Waals surface area contributed by atoms with Gasteiger partial charge in [0.05, 0.1) is 41.6 Å². The molecule has 1 saturated heterocycles. The van der Waals surface area contributed by atoms with E-state index in [0.29, 0.717) is 18.5 Å². The molecule has 1 fully saturated rings. The third kappa shape index (κ3) is 5.49. The fraction of sp³-hybridized carbons (Fsp3) is 0.406. The molecule has 258 valence electrons. The molecule has 1 aromatic carbocycles. The number of likely N-dealkylation sites (tertiary alicyclic amines) is 1. The van der Waals surface area contributed by atoms with Crippen molar-refractivity contribution in [2.75, 3.05) is 37.4 Å². The second-order valence-corrected chi connectivity index (χ2v) is 12.4. The van der Waals surface area contributed by atoms with Crippen LogP contribution in [0.4, 0.5) is 38.0 Å². The van der Waals surface area contributed by atoms with Crippen molar-refractivity contribution in [3.05, 3.63) is 52.9 Å². The van der Waals surface area contributed by atoms with E-state index in [1.807, 2.05) is 0 Å². The lowest BCUT2D eigenvalue weighted by Crippen LogP contribution is -2.39. The molecule has 0 radical (unpaired) electrons. The van der Waals surface area contributed by atoms with Crippen molar-refractivity contribution in [2.45, 2.75) is 57.7 Å². The summed E-state index contributed by atoms with van der Waals surface area (Å²) in [4.78, 5) is 20.7. The van der Waals surface area contributed by atoms with Gasteiger partial charge in [-0.1, -0.05) is 0 Å². The Morgan fingerprint density at radius 3 is 2.65 bits per heavy atom. The summed E-state index contributed by atoms with van der Waals surface area (Å²) in [5, 5.41) is 6.46. The number of alkyl halides is 4. The third-order valence-electron chi connectivity index (χ3n) is 9.26. The van der Waals surface area contributed by atoms with Crippen LogP contribution in [0, 0.1) is 18.6 Å². The number of ether oxygens (including phenoxy) is 2. The number of aromatic nitrogens is 6. The minimum Gasteiger partial charge on any atom is -0.475 e. The second kappa shape index (κ2) is 11.9. The summed E-state index contributed by atoms with van der Waals surface area (Å²) in [6.07, 6.45) is -3.66. The molecule has 6 heterocycles. The van der Waals surface area contributed by atoms with E-state index in [1.54, 1.807) is 30.7 Å². The van der Waals surface area contributed by atoms with Crippen LogP contribution in [0.2, 0.25) is 0 Å². The van der Waals surface area contributed by atoms with Crippen LogP contribution in [0.3, 0.4) is 0 Å². The predicted molar refractivity (Wildman–Crippen MR) is 168 cm³/mol. The Morgan fingerprint density at radius 2 is 1.94 bits per heavy atom. The van der Waals surface area contributed by atoms with Crippen LogP contribution in [-0.4, -0.2) is 80.1 Å². The summed E-state index contributed by atoms with van der Waals surface area (Å²) in [5.74, 6) is -2.00. The quantitative estimate of drug-likeness (QED) is 0.208. The highest BCUT2D eigenvalue weighted by Crippen LogP contribution is 2.47. The Morgan fingerprint density at radius 1 is 1.16 bits per heavy atom. The molecular weight excluding hydrogens is 656 g/mol. The van der Waals surface area contributed by atoms with E-state index in [1.165, 1.54) is 19.1 Å². The van der Waals surface area contributed by atoms with Gasteiger partial charge in [0.15, 0.2) is 5.82 Å². The number of nitrogens with one attached hydrogen (secondary N) is 1. The van der Waals surface area contributed by atoms with E-state index in [0.717, 1.165) is 12.4 Å². The van der Waals surface area contributed by atoms with E-state index in [-0.39, 0.29) is 58.6 Å². The van der Waals surface area contributed by atoms with Gasteiger partial charge in [-0.05, 0) is 51.9 Å². The molecule has 0 bridgehead atoms. The molecule has 2 aliphatic rings. The van der Waals surface area contributed by atoms with Gasteiger partial charge >= 0.3 is 12.2 Å². The molecule has 11 nitrogen and oxygen atoms in total. The number of fused-ring (bicyclic) bond motifs is 1. The SMILES string of the molecule is Cc1cc2[nH]ncc2c(-c2nc3c4c(nc(OC[C@@H]5[C@H](F)CCN5C)nc4c2F)N([C@H](C)c2cc(F)cnc2N)[C@@H](C)CO3)c1C(F)(F)F. The van der Waals surface area contributed by atoms with E-state index in [2.05, 4.69) is 30.1 Å². The van der Waals surface area contributed by atoms with Gasteiger partial charge < -0.3 is 20.1 Å². The molecule has 2 aliphatic heterocycles. The first-order valence-electron chi connectivity index (χ1n) is 15.5. The van der Waals surface area contributed by atoms with Gasteiger partial charge in [0.1, 0.15) is 53.4 Å². The first-order chi connectivity index (χ1) is 23.2. The fourth-order valence-corrected chi connectivity index (χ4v) is 6.82. The Labute approximate surface area is 275 Å². The summed E-state index contributed by atoms with van der Waals surface area (Å²) < 4.78 is 102. The Kier molecular flexibility index (Phi) is 7.91. The molecule has 7 rings (SSSR count). The summed E-state index contributed by atoms with van der Waals surface area (Å²) in [5.41, 5.74) is 3.72. The first kappa shape index (κ1) is 32.6. The number of benzene rings is 1. The zero-order valence-electron chi connectivity index (χ0n) is 26.7. The molecule has 0 amide bonds. The van der Waals surface area contributed by atoms with Crippen molar-refractivity contribution in [1.82, 2.24) is 35.0 Å². The van der Waals surface area contributed by atoms with Crippen molar-refractivity contribution in [2.24, 2.45) is 0 Å². The van der Waals surface area contributed by atoms with E-state index in [4.69, 9.17) is 15.2 Å². The van der Waals surface area contributed by atoms with E-state index < -0.39 is 64.4 Å². The lowest BCUT2D eigenvalue weighted by Gasteiger charge is -2.35. The summed E-state index contributed by atoms with van der Waals surface area (Å²) >= 11 is 0. The number of aryl methyl sites for hydroxylation is 1. The van der Waals surface area contributed by atoms with Gasteiger partial charge in [-0.2, -0.15) is 28.2 Å². The first-order valence-corrected chi connectivity index (χ1v) is 15.5. The number of H-pyrrole nitrogens is 1. The fourth-order valence-electron chi connectivity index (χ4n) is 6.82. The molecule has 0 aliphatic carbocycles. The van der Waals surface area contributed by atoms with Crippen LogP contribution in [0.25, 0.3) is 33.1 Å². The van der Waals surface area contributed by atoms with Crippen LogP contribution in [-0.2, 0) is 6.18 Å². The van der Waals surface area contributed by atoms with Gasteiger partial charge in [-0.25, -0.2) is 23.1 Å². The second-order valence-electron chi connectivity index (χ2n) is 12.4. The van der Waals surface area contributed by atoms with Gasteiger partial charge in [0, 0.05) is 23.1 Å². The largest absolute Gasteiger partial charge is 0.475 e. The summed E-state index contributed by atoms with van der Waals surface area (Å²) in [6.45, 7) is 4.94. The van der Waals surface area contributed by atoms with Crippen LogP contribution in [0.5, 0.6) is 11.9 Å². The Balaban J connectivity index is 1.49. The molecule has 3 N–H and O–H groups in total. The molecule has 0 spiro atoms. The number of likely N-dealkylation sites (N-methyl/N-ethyl adjacent to an activating group) is 1. The maximum absolute atomic E-state index is 17.0. The highest BCUT2D eigenvalue weighted by molar-refractivity contribution is 6.02. The van der Waals surface area contributed by atoms with Gasteiger partial charge in [-0.3, -0.25) is 10.00 Å². The number of hydrogen-bond donors (Lipinski definition) is 2. The molecule has 49 heavy (non-hydrogen) atoms. The Hall–Kier alpha value is -4.93. The number of nitrogens with two attached hydrogens (primary N) is 1. The zero-order valence-corrected chi connectivity index (χ0v) is 26.7. The van der Waals surface area contributed by atoms with Gasteiger partial charge in [-0.15, -0.1) is 0 Å². The van der Waals surface area contributed by atoms with Gasteiger partial charge in [0.25, 0.3) is 0 Å². The number of hydrogen-bond acceptors (Lipinski definition) is 10. The van der Waals surface area contributed by atoms with Crippen molar-refractivity contribution < 1.29 is 35.8 Å². The smallest absolute Gasteiger partial charge is 0.417 e. The average Bonchev–Trinajstić information content (AvgIpc) is 3.60. The van der Waals surface area contributed by atoms with Crippen molar-refractivity contribution in [3.63, 3.8) is 0 Å². The van der Waals surface area contributed by atoms with Crippen molar-refractivity contribution in [3.8, 4) is 23.1 Å². The topological polar surface area (TPSA) is 131 Å². The number of rotatable bonds is 6. The highest BCUT2D eigenvalue weighted by atomic mass is 19.4. The minimum absolute atomic E-state index is 0.0220. The van der Waals surface area contributed by atoms with E-state index in [9.17, 15) is 22.0 Å². The highest BCUT2D eigenvalue weighted by Gasteiger charge is 2.40. The standard InChI is InChI=1S/C32H31F6N9O2/c1-13-7-20-18(10-41-45-20)22(24(13)32(36,37)38)26-25(35)27-23-29(44-31(43-27)49-12-21-19(34)5-6-46(21)4)47(14(2)11-48-30(23)42-26)15(3)17-8-16(33)9-40-28(17)39/h7-10,14-15,19,21H,5-6,11-12H2,1-4H3,(H2,39,40)(H,41,45)/t14-,15+,19+,21+/m0/s1. The molecule has 4 aromatic heterocycles. The minimum atomic E-state index is -4.90. The number of nitrogen functional groups attached to an aromatic ring is 1. The number of halogens is 6. The van der Waals surface area contributed by atoms with Crippen LogP contribution in [0.15, 0.2) is 24.5 Å². The van der Waals surface area contributed by atoms with Crippen LogP contribution >= 0.6 is 0 Å². The molecule has 0 unspecified atom stereocenters. The molecule has 5 aromatic rings. The molecular formula is C32H31F6N9O2. The van der Waals surface area contributed by atoms with E-state index >= 15 is 4.39 Å². The third-order valence-corrected chi connectivity index (χ3v) is 9.26. The maximum atomic E-state index is 17.0. The zero-order chi connectivity index (χ0) is 34.9. The number of aromatic amines is 1. The summed E-state index contributed by atoms with van der Waals surface area (Å²) in [7, 11) is 1.74. The summed E-state index contributed by atoms with van der Waals surface area (Å²) in [6, 6.07) is 0.189. The lowest BCUT2D eigenvalue weighted by atomic mass is 9.94. The maximum Gasteiger partial charge on any atom is 0.417 e. The molecule has 17 heteroatoms. The van der Waals surface area contributed by atoms with Crippen LogP contribution < -0.4 is 20.1 Å². The molecule has 4 atom stereocenters. The number of pyridine rings is 2. The number of anilines is 2. The van der Waals surface area contributed by atoms with Crippen molar-refractivity contribution >= 4 is 33.4 Å². The predicted octanol–water partition coefficient (Wildman–Crippen LogP) is 5.92. The lowest BCUT2D eigenvalue weighted by molar-refractivity contribution is -0.137. The number of nitrogens with zero attached hydrogens (tertiary/aromatic N) is 7. The monoisotopic (exact) mass is 687 g/mol. The average molecular weight is 688 g/mol. The molecule has 0 saturated carbocycles. The Bertz CT molecular complexity index is 2080. The normalized spacial score (nSPS) is 20.5.